The Morgan fingerprint density at radius 2 is 0.623 bits per heavy atom. The lowest BCUT2D eigenvalue weighted by Gasteiger charge is -2.35. The molecule has 0 heterocycles. The van der Waals surface area contributed by atoms with Crippen LogP contribution in [0.3, 0.4) is 0 Å². The van der Waals surface area contributed by atoms with Crippen LogP contribution in [-0.4, -0.2) is 0 Å². The lowest BCUT2D eigenvalue weighted by molar-refractivity contribution is 0.768. The van der Waals surface area contributed by atoms with Gasteiger partial charge in [-0.3, -0.25) is 0 Å². The maximum absolute atomic E-state index is 2.54. The number of nitrogens with zero attached hydrogens (tertiary/aromatic N) is 1. The van der Waals surface area contributed by atoms with Gasteiger partial charge in [0.15, 0.2) is 0 Å². The fourth-order valence-corrected chi connectivity index (χ4v) is 12.0. The van der Waals surface area contributed by atoms with Crippen molar-refractivity contribution in [3.63, 3.8) is 0 Å². The van der Waals surface area contributed by atoms with Crippen LogP contribution in [0.25, 0.3) is 44.5 Å². The van der Waals surface area contributed by atoms with Gasteiger partial charge >= 0.3 is 0 Å². The SMILES string of the molecule is c1ccc(-c2cccc(-c3cccc(N(c4ccc5c(c4)C(c4ccccc4)(c4ccccc4)c4ccccc4-5)c4cccc5c4-c4ccccc4C5(c4ccccc4)c4ccccc4)c3)c2)cc1. The second-order valence-corrected chi connectivity index (χ2v) is 18.3. The molecule has 0 N–H and O–H groups in total. The topological polar surface area (TPSA) is 3.24 Å². The molecule has 0 atom stereocenters. The Hall–Kier alpha value is -8.78. The van der Waals surface area contributed by atoms with Gasteiger partial charge in [-0.2, -0.15) is 0 Å². The quantitative estimate of drug-likeness (QED) is 0.140. The zero-order chi connectivity index (χ0) is 45.8. The third-order valence-corrected chi connectivity index (χ3v) is 14.8. The van der Waals surface area contributed by atoms with E-state index in [0.717, 1.165) is 22.6 Å². The number of hydrogen-bond acceptors (Lipinski definition) is 1. The summed E-state index contributed by atoms with van der Waals surface area (Å²) in [5.41, 5.74) is 22.0. The van der Waals surface area contributed by atoms with Gasteiger partial charge < -0.3 is 4.90 Å². The molecule has 11 aromatic rings. The molecule has 1 nitrogen and oxygen atoms in total. The Kier molecular flexibility index (Phi) is 9.70. The second kappa shape index (κ2) is 16.5. The summed E-state index contributed by atoms with van der Waals surface area (Å²) in [6.07, 6.45) is 0. The lowest BCUT2D eigenvalue weighted by Crippen LogP contribution is -2.29. The molecule has 2 aliphatic rings. The van der Waals surface area contributed by atoms with Crippen LogP contribution in [-0.2, 0) is 10.8 Å². The predicted molar refractivity (Wildman–Crippen MR) is 287 cm³/mol. The van der Waals surface area contributed by atoms with Crippen molar-refractivity contribution in [3.05, 3.63) is 330 Å². The molecular formula is C68H47N. The summed E-state index contributed by atoms with van der Waals surface area (Å²) < 4.78 is 0. The summed E-state index contributed by atoms with van der Waals surface area (Å²) in [4.78, 5) is 2.54. The van der Waals surface area contributed by atoms with Gasteiger partial charge in [0.05, 0.1) is 16.5 Å². The predicted octanol–water partition coefficient (Wildman–Crippen LogP) is 17.2. The third-order valence-electron chi connectivity index (χ3n) is 14.8. The first kappa shape index (κ1) is 40.5. The van der Waals surface area contributed by atoms with E-state index in [0.29, 0.717) is 0 Å². The van der Waals surface area contributed by atoms with Crippen LogP contribution in [0.15, 0.2) is 285 Å². The van der Waals surface area contributed by atoms with Crippen LogP contribution >= 0.6 is 0 Å². The Labute approximate surface area is 404 Å². The first-order valence-electron chi connectivity index (χ1n) is 24.0. The number of anilines is 3. The summed E-state index contributed by atoms with van der Waals surface area (Å²) >= 11 is 0. The van der Waals surface area contributed by atoms with E-state index in [-0.39, 0.29) is 0 Å². The maximum atomic E-state index is 2.54. The number of benzene rings is 11. The minimum Gasteiger partial charge on any atom is -0.310 e. The van der Waals surface area contributed by atoms with E-state index in [1.165, 1.54) is 83.5 Å². The van der Waals surface area contributed by atoms with Crippen LogP contribution in [0, 0.1) is 0 Å². The van der Waals surface area contributed by atoms with E-state index in [1.807, 2.05) is 0 Å². The summed E-state index contributed by atoms with van der Waals surface area (Å²) in [6.45, 7) is 0. The van der Waals surface area contributed by atoms with Crippen LogP contribution < -0.4 is 4.90 Å². The first-order chi connectivity index (χ1) is 34.2. The summed E-state index contributed by atoms with van der Waals surface area (Å²) in [7, 11) is 0. The van der Waals surface area contributed by atoms with Crippen molar-refractivity contribution in [3.8, 4) is 44.5 Å². The number of hydrogen-bond donors (Lipinski definition) is 0. The molecule has 0 saturated carbocycles. The van der Waals surface area contributed by atoms with E-state index in [2.05, 4.69) is 290 Å². The van der Waals surface area contributed by atoms with Gasteiger partial charge in [0.2, 0.25) is 0 Å². The van der Waals surface area contributed by atoms with Gasteiger partial charge in [0, 0.05) is 16.9 Å². The summed E-state index contributed by atoms with van der Waals surface area (Å²) in [5, 5.41) is 0. The highest BCUT2D eigenvalue weighted by atomic mass is 15.1. The average molecular weight is 878 g/mol. The largest absolute Gasteiger partial charge is 0.310 e. The molecule has 0 amide bonds. The standard InChI is InChI=1S/C68H47N/c1-6-23-48(24-7-1)49-25-20-26-50(45-49)51-27-21-36-56(46-51)69(57-43-44-59-58-37-16-18-39-61(58)68(64(59)47-57,54-32-12-4-13-33-54)55-34-14-5-15-35-55)65-42-22-41-63-66(65)60-38-17-19-40-62(60)67(63,52-28-8-2-9-29-52)53-30-10-3-11-31-53/h1-47H. The third kappa shape index (κ3) is 6.24. The highest BCUT2D eigenvalue weighted by Gasteiger charge is 2.49. The molecule has 0 radical (unpaired) electrons. The molecule has 0 unspecified atom stereocenters. The van der Waals surface area contributed by atoms with Gasteiger partial charge in [0.1, 0.15) is 0 Å². The van der Waals surface area contributed by atoms with Crippen molar-refractivity contribution >= 4 is 17.1 Å². The molecule has 11 aromatic carbocycles. The fourth-order valence-electron chi connectivity index (χ4n) is 12.0. The van der Waals surface area contributed by atoms with E-state index in [4.69, 9.17) is 0 Å². The molecule has 2 aliphatic carbocycles. The summed E-state index contributed by atoms with van der Waals surface area (Å²) in [6, 6.07) is 106. The molecule has 0 fully saturated rings. The average Bonchev–Trinajstić information content (AvgIpc) is 3.91. The Balaban J connectivity index is 1.10. The van der Waals surface area contributed by atoms with Crippen molar-refractivity contribution in [2.75, 3.05) is 4.90 Å². The Morgan fingerprint density at radius 3 is 1.22 bits per heavy atom. The van der Waals surface area contributed by atoms with Crippen molar-refractivity contribution in [1.29, 1.82) is 0 Å². The van der Waals surface area contributed by atoms with E-state index in [9.17, 15) is 0 Å². The highest BCUT2D eigenvalue weighted by Crippen LogP contribution is 2.61. The normalized spacial score (nSPS) is 13.4. The van der Waals surface area contributed by atoms with E-state index < -0.39 is 10.8 Å². The maximum Gasteiger partial charge on any atom is 0.0714 e. The van der Waals surface area contributed by atoms with Crippen LogP contribution in [0.4, 0.5) is 17.1 Å². The smallest absolute Gasteiger partial charge is 0.0714 e. The molecule has 13 rings (SSSR count). The zero-order valence-corrected chi connectivity index (χ0v) is 38.1. The molecule has 0 aliphatic heterocycles. The van der Waals surface area contributed by atoms with Crippen molar-refractivity contribution < 1.29 is 0 Å². The van der Waals surface area contributed by atoms with Crippen LogP contribution in [0.2, 0.25) is 0 Å². The van der Waals surface area contributed by atoms with E-state index in [1.54, 1.807) is 0 Å². The van der Waals surface area contributed by atoms with Gasteiger partial charge in [-0.15, -0.1) is 0 Å². The van der Waals surface area contributed by atoms with Crippen molar-refractivity contribution in [1.82, 2.24) is 0 Å². The molecule has 0 aromatic heterocycles. The van der Waals surface area contributed by atoms with Crippen LogP contribution in [0.1, 0.15) is 44.5 Å². The zero-order valence-electron chi connectivity index (χ0n) is 38.1. The van der Waals surface area contributed by atoms with Crippen LogP contribution in [0.5, 0.6) is 0 Å². The molecule has 0 saturated heterocycles. The molecule has 1 heteroatoms. The first-order valence-corrected chi connectivity index (χ1v) is 24.0. The Bertz CT molecular complexity index is 3570. The van der Waals surface area contributed by atoms with Gasteiger partial charge in [-0.25, -0.2) is 0 Å². The number of fused-ring (bicyclic) bond motifs is 6. The van der Waals surface area contributed by atoms with Gasteiger partial charge in [-0.1, -0.05) is 249 Å². The van der Waals surface area contributed by atoms with Crippen molar-refractivity contribution in [2.24, 2.45) is 0 Å². The molecule has 0 bridgehead atoms. The lowest BCUT2D eigenvalue weighted by atomic mass is 9.67. The molecular weight excluding hydrogens is 831 g/mol. The molecule has 69 heavy (non-hydrogen) atoms. The number of rotatable bonds is 9. The second-order valence-electron chi connectivity index (χ2n) is 18.3. The summed E-state index contributed by atoms with van der Waals surface area (Å²) in [5.74, 6) is 0. The monoisotopic (exact) mass is 877 g/mol. The fraction of sp³-hybridized carbons (Fsp3) is 0.0294. The van der Waals surface area contributed by atoms with Crippen molar-refractivity contribution in [2.45, 2.75) is 10.8 Å². The van der Waals surface area contributed by atoms with Gasteiger partial charge in [-0.05, 0) is 120 Å². The molecule has 0 spiro atoms. The minimum absolute atomic E-state index is 0.550. The highest BCUT2D eigenvalue weighted by molar-refractivity contribution is 5.99. The molecule has 324 valence electrons. The van der Waals surface area contributed by atoms with Gasteiger partial charge in [0.25, 0.3) is 0 Å². The van der Waals surface area contributed by atoms with E-state index >= 15 is 0 Å². The Morgan fingerprint density at radius 1 is 0.232 bits per heavy atom. The minimum atomic E-state index is -0.559.